The Kier molecular flexibility index (Phi) is 3.35. The molecule has 1 aliphatic heterocycles. The Balaban J connectivity index is 2.51. The van der Waals surface area contributed by atoms with Gasteiger partial charge >= 0.3 is 0 Å². The van der Waals surface area contributed by atoms with E-state index >= 15 is 0 Å². The van der Waals surface area contributed by atoms with Crippen molar-refractivity contribution in [2.45, 2.75) is 11.8 Å². The van der Waals surface area contributed by atoms with Gasteiger partial charge < -0.3 is 4.90 Å². The van der Waals surface area contributed by atoms with Gasteiger partial charge in [-0.25, -0.2) is 0 Å². The van der Waals surface area contributed by atoms with Crippen molar-refractivity contribution < 1.29 is 9.72 Å². The van der Waals surface area contributed by atoms with E-state index in [1.807, 2.05) is 0 Å². The van der Waals surface area contributed by atoms with Crippen molar-refractivity contribution in [3.63, 3.8) is 0 Å². The highest BCUT2D eigenvalue weighted by molar-refractivity contribution is 9.10. The van der Waals surface area contributed by atoms with Crippen molar-refractivity contribution in [3.8, 4) is 0 Å². The molecule has 1 unspecified atom stereocenters. The number of benzene rings is 1. The van der Waals surface area contributed by atoms with Gasteiger partial charge in [0.05, 0.1) is 10.3 Å². The van der Waals surface area contributed by atoms with Crippen molar-refractivity contribution in [2.75, 3.05) is 11.4 Å². The highest BCUT2D eigenvalue weighted by atomic mass is 79.9. The van der Waals surface area contributed by atoms with E-state index in [0.717, 1.165) is 0 Å². The molecule has 5 nitrogen and oxygen atoms in total. The van der Waals surface area contributed by atoms with Gasteiger partial charge in [-0.15, -0.1) is 11.6 Å². The van der Waals surface area contributed by atoms with Crippen molar-refractivity contribution in [3.05, 3.63) is 32.8 Å². The number of halogens is 2. The second kappa shape index (κ2) is 4.62. The summed E-state index contributed by atoms with van der Waals surface area (Å²) in [5.74, 6) is -0.194. The first-order valence-electron chi connectivity index (χ1n) is 4.88. The number of amides is 1. The largest absolute Gasteiger partial charge is 0.304 e. The first-order valence-corrected chi connectivity index (χ1v) is 6.11. The van der Waals surface area contributed by atoms with Crippen LogP contribution < -0.4 is 4.90 Å². The van der Waals surface area contributed by atoms with Crippen LogP contribution in [0.2, 0.25) is 0 Å². The number of alkyl halides is 1. The average molecular weight is 320 g/mol. The number of rotatable bonds is 2. The van der Waals surface area contributed by atoms with E-state index < -0.39 is 4.92 Å². The Bertz CT molecular complexity index is 494. The number of carbonyl (C=O) groups is 1. The molecule has 0 radical (unpaired) electrons. The molecule has 0 spiro atoms. The van der Waals surface area contributed by atoms with Gasteiger partial charge in [0.25, 0.3) is 5.69 Å². The number of nitrogens with zero attached hydrogens (tertiary/aromatic N) is 2. The lowest BCUT2D eigenvalue weighted by atomic mass is 10.2. The number of carbonyl (C=O) groups excluding carboxylic acids is 1. The summed E-state index contributed by atoms with van der Waals surface area (Å²) < 4.78 is 0.519. The second-order valence-corrected chi connectivity index (χ2v) is 5.14. The Morgan fingerprint density at radius 2 is 2.24 bits per heavy atom. The smallest absolute Gasteiger partial charge is 0.294 e. The molecule has 1 fully saturated rings. The number of para-hydroxylation sites is 1. The molecule has 0 aliphatic carbocycles. The molecular weight excluding hydrogens is 311 g/mol. The van der Waals surface area contributed by atoms with E-state index in [1.54, 1.807) is 12.1 Å². The molecule has 90 valence electrons. The summed E-state index contributed by atoms with van der Waals surface area (Å²) in [6.07, 6.45) is 0.208. The maximum Gasteiger partial charge on any atom is 0.294 e. The molecule has 1 aromatic rings. The zero-order valence-electron chi connectivity index (χ0n) is 8.60. The van der Waals surface area contributed by atoms with Gasteiger partial charge in [-0.1, -0.05) is 6.07 Å². The van der Waals surface area contributed by atoms with E-state index in [2.05, 4.69) is 15.9 Å². The Morgan fingerprint density at radius 1 is 1.53 bits per heavy atom. The third kappa shape index (κ3) is 2.28. The summed E-state index contributed by atoms with van der Waals surface area (Å²) >= 11 is 9.12. The molecule has 0 aromatic heterocycles. The van der Waals surface area contributed by atoms with Crippen molar-refractivity contribution >= 4 is 44.8 Å². The fourth-order valence-electron chi connectivity index (χ4n) is 1.80. The molecule has 0 bridgehead atoms. The van der Waals surface area contributed by atoms with Crippen molar-refractivity contribution in [1.29, 1.82) is 0 Å². The summed E-state index contributed by atoms with van der Waals surface area (Å²) in [5, 5.41) is 10.6. The standard InChI is InChI=1S/C10H8BrClN2O3/c11-7-2-1-3-8(14(16)17)10(7)13-5-6(12)4-9(13)15/h1-3,6H,4-5H2. The van der Waals surface area contributed by atoms with Crippen LogP contribution in [0.15, 0.2) is 22.7 Å². The number of nitro benzene ring substituents is 1. The van der Waals surface area contributed by atoms with Crippen LogP contribution in [0.25, 0.3) is 0 Å². The molecule has 1 aliphatic rings. The average Bonchev–Trinajstić information content (AvgIpc) is 2.57. The quantitative estimate of drug-likeness (QED) is 0.478. The molecule has 0 N–H and O–H groups in total. The van der Waals surface area contributed by atoms with Gasteiger partial charge in [-0.3, -0.25) is 14.9 Å². The normalized spacial score (nSPS) is 19.8. The number of nitro groups is 1. The zero-order chi connectivity index (χ0) is 12.6. The van der Waals surface area contributed by atoms with Crippen LogP contribution in [-0.2, 0) is 4.79 Å². The lowest BCUT2D eigenvalue weighted by Gasteiger charge is -2.17. The van der Waals surface area contributed by atoms with E-state index in [0.29, 0.717) is 11.0 Å². The van der Waals surface area contributed by atoms with Crippen LogP contribution in [0, 0.1) is 10.1 Å². The van der Waals surface area contributed by atoms with Crippen LogP contribution in [-0.4, -0.2) is 22.8 Å². The van der Waals surface area contributed by atoms with Gasteiger partial charge in [0.15, 0.2) is 0 Å². The minimum Gasteiger partial charge on any atom is -0.304 e. The maximum atomic E-state index is 11.7. The van der Waals surface area contributed by atoms with Gasteiger partial charge in [0.1, 0.15) is 5.69 Å². The Labute approximate surface area is 111 Å². The van der Waals surface area contributed by atoms with E-state index in [-0.39, 0.29) is 29.1 Å². The van der Waals surface area contributed by atoms with E-state index in [4.69, 9.17) is 11.6 Å². The van der Waals surface area contributed by atoms with Crippen molar-refractivity contribution in [1.82, 2.24) is 0 Å². The first kappa shape index (κ1) is 12.3. The molecule has 17 heavy (non-hydrogen) atoms. The maximum absolute atomic E-state index is 11.7. The molecule has 1 saturated heterocycles. The molecule has 7 heteroatoms. The highest BCUT2D eigenvalue weighted by Gasteiger charge is 2.34. The van der Waals surface area contributed by atoms with Crippen molar-refractivity contribution in [2.24, 2.45) is 0 Å². The molecule has 1 heterocycles. The van der Waals surface area contributed by atoms with Crippen LogP contribution in [0.3, 0.4) is 0 Å². The molecule has 1 atom stereocenters. The SMILES string of the molecule is O=C1CC(Cl)CN1c1c(Br)cccc1[N+](=O)[O-]. The summed E-state index contributed by atoms with van der Waals surface area (Å²) in [5.41, 5.74) is 0.184. The minimum absolute atomic E-state index is 0.0986. The second-order valence-electron chi connectivity index (χ2n) is 3.67. The summed E-state index contributed by atoms with van der Waals surface area (Å²) in [7, 11) is 0. The Morgan fingerprint density at radius 3 is 2.76 bits per heavy atom. The Hall–Kier alpha value is -1.14. The van der Waals surface area contributed by atoms with Gasteiger partial charge in [0.2, 0.25) is 5.91 Å². The molecular formula is C10H8BrClN2O3. The van der Waals surface area contributed by atoms with Crippen LogP contribution in [0.4, 0.5) is 11.4 Å². The predicted octanol–water partition coefficient (Wildman–Crippen LogP) is 2.70. The zero-order valence-corrected chi connectivity index (χ0v) is 10.9. The predicted molar refractivity (Wildman–Crippen MR) is 67.4 cm³/mol. The van der Waals surface area contributed by atoms with Crippen LogP contribution in [0.1, 0.15) is 6.42 Å². The van der Waals surface area contributed by atoms with Crippen LogP contribution >= 0.6 is 27.5 Å². The lowest BCUT2D eigenvalue weighted by Crippen LogP contribution is -2.25. The molecule has 2 rings (SSSR count). The topological polar surface area (TPSA) is 63.5 Å². The van der Waals surface area contributed by atoms with E-state index in [1.165, 1.54) is 11.0 Å². The van der Waals surface area contributed by atoms with E-state index in [9.17, 15) is 14.9 Å². The fourth-order valence-corrected chi connectivity index (χ4v) is 2.64. The number of hydrogen-bond donors (Lipinski definition) is 0. The highest BCUT2D eigenvalue weighted by Crippen LogP contribution is 2.38. The summed E-state index contributed by atoms with van der Waals surface area (Å²) in [4.78, 5) is 23.5. The monoisotopic (exact) mass is 318 g/mol. The van der Waals surface area contributed by atoms with Gasteiger partial charge in [-0.2, -0.15) is 0 Å². The summed E-state index contributed by atoms with van der Waals surface area (Å²) in [6, 6.07) is 4.59. The van der Waals surface area contributed by atoms with Crippen LogP contribution in [0.5, 0.6) is 0 Å². The molecule has 1 aromatic carbocycles. The number of anilines is 1. The van der Waals surface area contributed by atoms with Gasteiger partial charge in [0, 0.05) is 23.5 Å². The first-order chi connectivity index (χ1) is 8.00. The summed E-state index contributed by atoms with van der Waals surface area (Å²) in [6.45, 7) is 0.295. The molecule has 0 saturated carbocycles. The third-order valence-electron chi connectivity index (χ3n) is 2.51. The third-order valence-corrected chi connectivity index (χ3v) is 3.44. The lowest BCUT2D eigenvalue weighted by molar-refractivity contribution is -0.384. The minimum atomic E-state index is -0.505. The number of hydrogen-bond acceptors (Lipinski definition) is 3. The molecule has 1 amide bonds. The van der Waals surface area contributed by atoms with Gasteiger partial charge in [-0.05, 0) is 22.0 Å². The fraction of sp³-hybridized carbons (Fsp3) is 0.300.